The molecule has 0 rings (SSSR count). The third-order valence-electron chi connectivity index (χ3n) is 3.50. The second-order valence-corrected chi connectivity index (χ2v) is 5.17. The van der Waals surface area contributed by atoms with E-state index in [1.807, 2.05) is 13.8 Å². The predicted octanol–water partition coefficient (Wildman–Crippen LogP) is 4.19. The van der Waals surface area contributed by atoms with Crippen molar-refractivity contribution in [3.8, 4) is 0 Å². The minimum Gasteiger partial charge on any atom is -0.481 e. The Labute approximate surface area is 149 Å². The van der Waals surface area contributed by atoms with Crippen molar-refractivity contribution in [1.29, 1.82) is 0 Å². The smallest absolute Gasteiger partial charge is 0.306 e. The zero-order valence-corrected chi connectivity index (χ0v) is 17.9. The van der Waals surface area contributed by atoms with E-state index < -0.39 is 11.9 Å². The van der Waals surface area contributed by atoms with Crippen LogP contribution < -0.4 is 0 Å². The van der Waals surface area contributed by atoms with Gasteiger partial charge < -0.3 is 10.2 Å². The SMILES string of the molecule is CCCCC(CC)C(=O)O.CCCCC(CC)C(=O)O.[Pb]. The fraction of sp³-hybridized carbons (Fsp3) is 0.875. The van der Waals surface area contributed by atoms with Crippen molar-refractivity contribution < 1.29 is 19.8 Å². The summed E-state index contributed by atoms with van der Waals surface area (Å²) in [6.07, 6.45) is 7.43. The van der Waals surface area contributed by atoms with Crippen LogP contribution in [-0.2, 0) is 9.59 Å². The molecule has 0 aromatic carbocycles. The van der Waals surface area contributed by atoms with E-state index in [1.165, 1.54) is 0 Å². The summed E-state index contributed by atoms with van der Waals surface area (Å²) in [5.41, 5.74) is 0. The zero-order chi connectivity index (χ0) is 16.0. The number of unbranched alkanes of at least 4 members (excludes halogenated alkanes) is 2. The molecule has 0 amide bonds. The number of carboxylic acid groups (broad SMARTS) is 2. The molecule has 0 aliphatic carbocycles. The van der Waals surface area contributed by atoms with Gasteiger partial charge in [-0.15, -0.1) is 0 Å². The number of rotatable bonds is 10. The predicted molar refractivity (Wildman–Crippen MR) is 87.6 cm³/mol. The Bertz CT molecular complexity index is 231. The molecule has 0 saturated heterocycles. The fourth-order valence-electron chi connectivity index (χ4n) is 1.91. The molecule has 5 heteroatoms. The second-order valence-electron chi connectivity index (χ2n) is 5.17. The summed E-state index contributed by atoms with van der Waals surface area (Å²) >= 11 is 0. The topological polar surface area (TPSA) is 74.6 Å². The summed E-state index contributed by atoms with van der Waals surface area (Å²) in [4.78, 5) is 20.9. The van der Waals surface area contributed by atoms with E-state index >= 15 is 0 Å². The van der Waals surface area contributed by atoms with Gasteiger partial charge >= 0.3 is 11.9 Å². The summed E-state index contributed by atoms with van der Waals surface area (Å²) in [5, 5.41) is 17.2. The van der Waals surface area contributed by atoms with Gasteiger partial charge in [0.2, 0.25) is 0 Å². The standard InChI is InChI=1S/2C8H16O2.Pb/c2*1-3-5-6-7(4-2)8(9)10;/h2*7H,3-6H2,1-2H3,(H,9,10);. The Kier molecular flexibility index (Phi) is 22.0. The number of carboxylic acids is 2. The Morgan fingerprint density at radius 1 is 0.762 bits per heavy atom. The average Bonchev–Trinajstić information content (AvgIpc) is 2.40. The van der Waals surface area contributed by atoms with Crippen molar-refractivity contribution in [2.24, 2.45) is 11.8 Å². The molecular weight excluding hydrogens is 463 g/mol. The third-order valence-corrected chi connectivity index (χ3v) is 3.50. The number of aliphatic carboxylic acids is 2. The maximum atomic E-state index is 10.4. The van der Waals surface area contributed by atoms with Crippen LogP contribution in [0.15, 0.2) is 0 Å². The van der Waals surface area contributed by atoms with Crippen molar-refractivity contribution in [2.75, 3.05) is 0 Å². The summed E-state index contributed by atoms with van der Waals surface area (Å²) in [6, 6.07) is 0. The molecule has 0 aliphatic rings. The van der Waals surface area contributed by atoms with Gasteiger partial charge in [-0.1, -0.05) is 53.4 Å². The molecule has 0 aliphatic heterocycles. The second kappa shape index (κ2) is 17.9. The van der Waals surface area contributed by atoms with Gasteiger partial charge in [0.25, 0.3) is 0 Å². The van der Waals surface area contributed by atoms with Gasteiger partial charge in [0, 0.05) is 27.3 Å². The maximum Gasteiger partial charge on any atom is 0.306 e. The zero-order valence-electron chi connectivity index (χ0n) is 14.0. The largest absolute Gasteiger partial charge is 0.481 e. The van der Waals surface area contributed by atoms with Gasteiger partial charge in [-0.05, 0) is 25.7 Å². The first kappa shape index (κ1) is 25.8. The third kappa shape index (κ3) is 16.1. The molecule has 0 heterocycles. The Hall–Kier alpha value is -0.138. The van der Waals surface area contributed by atoms with Crippen molar-refractivity contribution in [3.05, 3.63) is 0 Å². The first-order valence-electron chi connectivity index (χ1n) is 7.89. The summed E-state index contributed by atoms with van der Waals surface area (Å²) in [5.74, 6) is -1.51. The van der Waals surface area contributed by atoms with Gasteiger partial charge in [0.1, 0.15) is 0 Å². The molecule has 124 valence electrons. The average molecular weight is 496 g/mol. The molecule has 2 unspecified atom stereocenters. The molecule has 0 aromatic rings. The van der Waals surface area contributed by atoms with Crippen molar-refractivity contribution in [1.82, 2.24) is 0 Å². The molecule has 0 bridgehead atoms. The van der Waals surface area contributed by atoms with Crippen LogP contribution in [0.25, 0.3) is 0 Å². The Balaban J connectivity index is -0.000000295. The quantitative estimate of drug-likeness (QED) is 0.446. The van der Waals surface area contributed by atoms with Crippen LogP contribution in [-0.4, -0.2) is 49.5 Å². The molecule has 21 heavy (non-hydrogen) atoms. The van der Waals surface area contributed by atoms with Gasteiger partial charge in [-0.3, -0.25) is 9.59 Å². The van der Waals surface area contributed by atoms with Gasteiger partial charge in [0.15, 0.2) is 0 Å². The first-order valence-corrected chi connectivity index (χ1v) is 7.89. The van der Waals surface area contributed by atoms with Crippen LogP contribution in [0.4, 0.5) is 0 Å². The van der Waals surface area contributed by atoms with Crippen molar-refractivity contribution in [3.63, 3.8) is 0 Å². The molecule has 0 saturated carbocycles. The van der Waals surface area contributed by atoms with Crippen molar-refractivity contribution >= 4 is 39.2 Å². The maximum absolute atomic E-state index is 10.4. The van der Waals surface area contributed by atoms with Gasteiger partial charge in [0.05, 0.1) is 11.8 Å². The van der Waals surface area contributed by atoms with E-state index in [0.717, 1.165) is 51.4 Å². The molecule has 0 fully saturated rings. The van der Waals surface area contributed by atoms with E-state index in [9.17, 15) is 9.59 Å². The molecule has 2 N–H and O–H groups in total. The molecule has 0 spiro atoms. The Morgan fingerprint density at radius 3 is 1.19 bits per heavy atom. The van der Waals surface area contributed by atoms with E-state index in [2.05, 4.69) is 13.8 Å². The summed E-state index contributed by atoms with van der Waals surface area (Å²) in [6.45, 7) is 8.01. The van der Waals surface area contributed by atoms with E-state index in [0.29, 0.717) is 0 Å². The van der Waals surface area contributed by atoms with Gasteiger partial charge in [-0.25, -0.2) is 0 Å². The van der Waals surface area contributed by atoms with Crippen LogP contribution in [0, 0.1) is 11.8 Å². The molecule has 2 atom stereocenters. The minimum absolute atomic E-state index is 0. The van der Waals surface area contributed by atoms with E-state index in [1.54, 1.807) is 0 Å². The normalized spacial score (nSPS) is 12.4. The minimum atomic E-state index is -0.643. The van der Waals surface area contributed by atoms with Crippen LogP contribution in [0.1, 0.15) is 79.1 Å². The molecule has 0 aromatic heterocycles. The van der Waals surface area contributed by atoms with Crippen LogP contribution in [0.3, 0.4) is 0 Å². The number of hydrogen-bond donors (Lipinski definition) is 2. The Morgan fingerprint density at radius 2 is 1.05 bits per heavy atom. The first-order chi connectivity index (χ1) is 9.44. The summed E-state index contributed by atoms with van der Waals surface area (Å²) in [7, 11) is 0. The fourth-order valence-corrected chi connectivity index (χ4v) is 1.91. The molecule has 4 radical (unpaired) electrons. The molecule has 4 nitrogen and oxygen atoms in total. The van der Waals surface area contributed by atoms with E-state index in [-0.39, 0.29) is 39.1 Å². The van der Waals surface area contributed by atoms with Gasteiger partial charge in [-0.2, -0.15) is 0 Å². The molecular formula is C16H32O4Pb. The van der Waals surface area contributed by atoms with Crippen molar-refractivity contribution in [2.45, 2.75) is 79.1 Å². The monoisotopic (exact) mass is 496 g/mol. The summed E-state index contributed by atoms with van der Waals surface area (Å²) < 4.78 is 0. The number of hydrogen-bond acceptors (Lipinski definition) is 2. The van der Waals surface area contributed by atoms with Crippen LogP contribution in [0.5, 0.6) is 0 Å². The number of carbonyl (C=O) groups is 2. The van der Waals surface area contributed by atoms with E-state index in [4.69, 9.17) is 10.2 Å². The van der Waals surface area contributed by atoms with Crippen LogP contribution in [0.2, 0.25) is 0 Å². The van der Waals surface area contributed by atoms with Crippen LogP contribution >= 0.6 is 0 Å².